The second kappa shape index (κ2) is 12.4. The van der Waals surface area contributed by atoms with Crippen LogP contribution in [0.3, 0.4) is 0 Å². The van der Waals surface area contributed by atoms with Gasteiger partial charge in [0.1, 0.15) is 5.75 Å². The Morgan fingerprint density at radius 1 is 1.25 bits per heavy atom. The Balaban J connectivity index is 0.000000528. The van der Waals surface area contributed by atoms with Crippen molar-refractivity contribution in [3.63, 3.8) is 0 Å². The monoisotopic (exact) mass is 414 g/mol. The van der Waals surface area contributed by atoms with Gasteiger partial charge in [0.15, 0.2) is 0 Å². The van der Waals surface area contributed by atoms with Gasteiger partial charge < -0.3 is 16.6 Å². The van der Waals surface area contributed by atoms with Gasteiger partial charge in [-0.05, 0) is 54.9 Å². The predicted octanol–water partition coefficient (Wildman–Crippen LogP) is 3.53. The second-order valence-corrected chi connectivity index (χ2v) is 8.30. The maximum absolute atomic E-state index is 11.0. The third-order valence-electron chi connectivity index (χ3n) is 4.13. The van der Waals surface area contributed by atoms with Crippen LogP contribution >= 0.6 is 0 Å². The molecule has 0 spiro atoms. The molecule has 0 heterocycles. The van der Waals surface area contributed by atoms with E-state index in [0.717, 1.165) is 12.8 Å². The number of aryl methyl sites for hydroxylation is 1. The van der Waals surface area contributed by atoms with Crippen LogP contribution in [-0.4, -0.2) is 30.3 Å². The molecule has 1 atom stereocenters. The van der Waals surface area contributed by atoms with E-state index in [-0.39, 0.29) is 22.5 Å². The van der Waals surface area contributed by atoms with E-state index in [0.29, 0.717) is 17.0 Å². The lowest BCUT2D eigenvalue weighted by molar-refractivity contribution is 0.461. The molecule has 0 amide bonds. The highest BCUT2D eigenvalue weighted by atomic mass is 32.2. The molecule has 6 N–H and O–H groups in total. The van der Waals surface area contributed by atoms with E-state index < -0.39 is 10.1 Å². The van der Waals surface area contributed by atoms with Crippen molar-refractivity contribution in [2.75, 3.05) is 0 Å². The van der Waals surface area contributed by atoms with Crippen molar-refractivity contribution in [3.8, 4) is 5.75 Å². The maximum atomic E-state index is 11.0. The van der Waals surface area contributed by atoms with Crippen LogP contribution in [0, 0.1) is 12.8 Å². The molecule has 0 saturated carbocycles. The number of hydrogen-bond donors (Lipinski definition) is 4. The minimum absolute atomic E-state index is 0.00824. The Kier molecular flexibility index (Phi) is 11.4. The van der Waals surface area contributed by atoms with Gasteiger partial charge in [-0.2, -0.15) is 13.5 Å². The quantitative estimate of drug-likeness (QED) is 0.221. The first kappa shape index (κ1) is 25.9. The third kappa shape index (κ3) is 9.70. The number of guanidine groups is 1. The van der Waals surface area contributed by atoms with Gasteiger partial charge in [-0.25, -0.2) is 0 Å². The van der Waals surface area contributed by atoms with Crippen LogP contribution in [0.25, 0.3) is 0 Å². The highest BCUT2D eigenvalue weighted by Gasteiger charge is 2.17. The number of unbranched alkanes of at least 4 members (excludes halogenated alkanes) is 1. The van der Waals surface area contributed by atoms with E-state index in [1.54, 1.807) is 0 Å². The zero-order chi connectivity index (χ0) is 21.9. The van der Waals surface area contributed by atoms with Crippen molar-refractivity contribution in [2.24, 2.45) is 27.6 Å². The van der Waals surface area contributed by atoms with E-state index in [9.17, 15) is 13.5 Å². The second-order valence-electron chi connectivity index (χ2n) is 6.91. The number of phenolic OH excluding ortho intramolecular Hbond substituents is 1. The Hall–Kier alpha value is -2.13. The molecule has 0 unspecified atom stereocenters. The van der Waals surface area contributed by atoms with Gasteiger partial charge in [0.25, 0.3) is 10.1 Å². The van der Waals surface area contributed by atoms with E-state index in [1.165, 1.54) is 31.9 Å². The zero-order valence-electron chi connectivity index (χ0n) is 17.4. The number of aromatic hydroxyl groups is 1. The fourth-order valence-corrected chi connectivity index (χ4v) is 3.22. The summed E-state index contributed by atoms with van der Waals surface area (Å²) in [5.41, 5.74) is 11.1. The molecule has 160 valence electrons. The minimum Gasteiger partial charge on any atom is -0.508 e. The van der Waals surface area contributed by atoms with Crippen LogP contribution in [0.1, 0.15) is 70.4 Å². The Labute approximate surface area is 168 Å². The molecule has 9 heteroatoms. The van der Waals surface area contributed by atoms with Gasteiger partial charge in [-0.3, -0.25) is 4.55 Å². The van der Waals surface area contributed by atoms with Crippen molar-refractivity contribution in [1.82, 2.24) is 0 Å². The molecular formula is C19H34N4O4S. The van der Waals surface area contributed by atoms with Gasteiger partial charge in [0, 0.05) is 6.21 Å². The molecule has 1 aromatic rings. The molecule has 0 saturated heterocycles. The third-order valence-corrected chi connectivity index (χ3v) is 5.12. The molecule has 0 radical (unpaired) electrons. The average Bonchev–Trinajstić information content (AvgIpc) is 2.56. The number of hydrogen-bond acceptors (Lipinski definition) is 5. The van der Waals surface area contributed by atoms with Crippen LogP contribution in [0.2, 0.25) is 0 Å². The molecule has 1 aromatic carbocycles. The SMILES string of the molecule is CCCC[C@H](/C=N/N=C(N)N)CC.Cc1cc(O)c(C(C)C)cc1S(=O)(=O)O. The van der Waals surface area contributed by atoms with E-state index in [4.69, 9.17) is 16.0 Å². The summed E-state index contributed by atoms with van der Waals surface area (Å²) in [6.07, 6.45) is 6.52. The Morgan fingerprint density at radius 3 is 2.29 bits per heavy atom. The van der Waals surface area contributed by atoms with Crippen LogP contribution < -0.4 is 11.5 Å². The first-order valence-corrected chi connectivity index (χ1v) is 10.8. The van der Waals surface area contributed by atoms with Gasteiger partial charge >= 0.3 is 0 Å². The Morgan fingerprint density at radius 2 is 1.86 bits per heavy atom. The topological polar surface area (TPSA) is 151 Å². The first-order chi connectivity index (χ1) is 12.9. The van der Waals surface area contributed by atoms with Crippen LogP contribution in [0.4, 0.5) is 0 Å². The van der Waals surface area contributed by atoms with Crippen molar-refractivity contribution in [1.29, 1.82) is 0 Å². The number of benzene rings is 1. The van der Waals surface area contributed by atoms with Gasteiger partial charge in [-0.1, -0.05) is 40.5 Å². The molecule has 0 aliphatic rings. The van der Waals surface area contributed by atoms with E-state index in [1.807, 2.05) is 20.1 Å². The largest absolute Gasteiger partial charge is 0.508 e. The van der Waals surface area contributed by atoms with E-state index >= 15 is 0 Å². The highest BCUT2D eigenvalue weighted by molar-refractivity contribution is 7.85. The fourth-order valence-electron chi connectivity index (χ4n) is 2.47. The first-order valence-electron chi connectivity index (χ1n) is 9.36. The summed E-state index contributed by atoms with van der Waals surface area (Å²) < 4.78 is 31.0. The molecule has 0 bridgehead atoms. The summed E-state index contributed by atoms with van der Waals surface area (Å²) in [5.74, 6) is 0.561. The number of rotatable bonds is 8. The summed E-state index contributed by atoms with van der Waals surface area (Å²) in [6.45, 7) is 9.50. The smallest absolute Gasteiger partial charge is 0.294 e. The van der Waals surface area contributed by atoms with Crippen LogP contribution in [0.15, 0.2) is 27.2 Å². The fraction of sp³-hybridized carbons (Fsp3) is 0.579. The highest BCUT2D eigenvalue weighted by Crippen LogP contribution is 2.30. The van der Waals surface area contributed by atoms with Gasteiger partial charge in [0.2, 0.25) is 5.96 Å². The lowest BCUT2D eigenvalue weighted by atomic mass is 10.0. The average molecular weight is 415 g/mol. The van der Waals surface area contributed by atoms with Crippen molar-refractivity contribution in [3.05, 3.63) is 23.3 Å². The van der Waals surface area contributed by atoms with Crippen molar-refractivity contribution < 1.29 is 18.1 Å². The number of phenols is 1. The Bertz CT molecular complexity index is 770. The summed E-state index contributed by atoms with van der Waals surface area (Å²) in [6, 6.07) is 2.66. The minimum atomic E-state index is -4.22. The molecule has 8 nitrogen and oxygen atoms in total. The van der Waals surface area contributed by atoms with Gasteiger partial charge in [0.05, 0.1) is 4.90 Å². The lowest BCUT2D eigenvalue weighted by Crippen LogP contribution is -2.21. The zero-order valence-corrected chi connectivity index (χ0v) is 18.2. The molecule has 28 heavy (non-hydrogen) atoms. The summed E-state index contributed by atoms with van der Waals surface area (Å²) >= 11 is 0. The molecule has 0 aliphatic carbocycles. The number of nitrogens with two attached hydrogens (primary N) is 2. The van der Waals surface area contributed by atoms with Crippen molar-refractivity contribution in [2.45, 2.75) is 71.1 Å². The molecular weight excluding hydrogens is 380 g/mol. The summed E-state index contributed by atoms with van der Waals surface area (Å²) in [7, 11) is -4.22. The maximum Gasteiger partial charge on any atom is 0.294 e. The summed E-state index contributed by atoms with van der Waals surface area (Å²) in [4.78, 5) is -0.149. The molecule has 0 fully saturated rings. The summed E-state index contributed by atoms with van der Waals surface area (Å²) in [5, 5.41) is 16.9. The van der Waals surface area contributed by atoms with Crippen LogP contribution in [-0.2, 0) is 10.1 Å². The van der Waals surface area contributed by atoms with E-state index in [2.05, 4.69) is 24.1 Å². The molecule has 0 aromatic heterocycles. The molecule has 0 aliphatic heterocycles. The van der Waals surface area contributed by atoms with Crippen molar-refractivity contribution >= 4 is 22.3 Å². The normalized spacial score (nSPS) is 12.5. The standard InChI is InChI=1S/C10H14O4S.C9H20N4/c1-6(2)8-5-10(15(12,13)14)7(3)4-9(8)11;1-3-5-6-8(4-2)7-12-13-9(10)11/h4-6,11H,1-3H3,(H,12,13,14);7-8H,3-6H2,1-2H3,(H4,10,11,13)/b;12-7+/t;8-/m.1/s1. The predicted molar refractivity (Wildman–Crippen MR) is 114 cm³/mol. The van der Waals surface area contributed by atoms with Crippen LogP contribution in [0.5, 0.6) is 5.75 Å². The lowest BCUT2D eigenvalue weighted by Gasteiger charge is -2.11. The van der Waals surface area contributed by atoms with Gasteiger partial charge in [-0.15, -0.1) is 5.10 Å². The number of nitrogens with zero attached hydrogens (tertiary/aromatic N) is 2. The molecule has 1 rings (SSSR count).